The molecule has 60 valence electrons. The number of hydrogen-bond acceptors (Lipinski definition) is 4. The Kier molecular flexibility index (Phi) is 1.33. The van der Waals surface area contributed by atoms with Gasteiger partial charge in [-0.2, -0.15) is 0 Å². The van der Waals surface area contributed by atoms with Gasteiger partial charge >= 0.3 is 0 Å². The zero-order chi connectivity index (χ0) is 8.55. The third kappa shape index (κ3) is 0.934. The van der Waals surface area contributed by atoms with Crippen LogP contribution in [-0.4, -0.2) is 11.0 Å². The molecule has 2 aromatic heterocycles. The summed E-state index contributed by atoms with van der Waals surface area (Å²) in [5, 5.41) is 10.4. The number of pyridine rings is 1. The molecule has 0 unspecified atom stereocenters. The zero-order valence-corrected chi connectivity index (χ0v) is 5.98. The first-order valence-corrected chi connectivity index (χ1v) is 3.32. The van der Waals surface area contributed by atoms with Gasteiger partial charge in [0.25, 0.3) is 0 Å². The number of nitrogens with zero attached hydrogens (tertiary/aromatic N) is 1. The molecule has 2 aromatic rings. The van der Waals surface area contributed by atoms with Gasteiger partial charge in [-0.25, -0.2) is 0 Å². The molecule has 0 saturated heterocycles. The third-order valence-electron chi connectivity index (χ3n) is 1.54. The molecule has 2 heterocycles. The van der Waals surface area contributed by atoms with Crippen molar-refractivity contribution in [1.82, 2.24) is 4.98 Å². The second-order valence-electron chi connectivity index (χ2n) is 2.32. The van der Waals surface area contributed by atoms with E-state index in [1.807, 2.05) is 0 Å². The molecule has 0 amide bonds. The Balaban J connectivity index is 2.68. The number of aromatic carboxylic acids is 1. The summed E-state index contributed by atoms with van der Waals surface area (Å²) in [7, 11) is 0. The minimum atomic E-state index is -1.25. The van der Waals surface area contributed by atoms with Gasteiger partial charge in [-0.1, -0.05) is 0 Å². The third-order valence-corrected chi connectivity index (χ3v) is 1.54. The molecule has 0 spiro atoms. The van der Waals surface area contributed by atoms with Gasteiger partial charge in [0.05, 0.1) is 12.2 Å². The lowest BCUT2D eigenvalue weighted by Gasteiger charge is -1.99. The predicted octanol–water partition coefficient (Wildman–Crippen LogP) is 0.191. The number of hydrogen-bond donors (Lipinski definition) is 0. The second kappa shape index (κ2) is 2.34. The van der Waals surface area contributed by atoms with Gasteiger partial charge in [-0.3, -0.25) is 4.98 Å². The molecule has 2 rings (SSSR count). The number of carboxylic acid groups (broad SMARTS) is 1. The van der Waals surface area contributed by atoms with Crippen LogP contribution in [0.2, 0.25) is 0 Å². The van der Waals surface area contributed by atoms with Crippen molar-refractivity contribution >= 4 is 17.1 Å². The van der Waals surface area contributed by atoms with Crippen LogP contribution >= 0.6 is 0 Å². The van der Waals surface area contributed by atoms with Gasteiger partial charge in [0.1, 0.15) is 5.52 Å². The highest BCUT2D eigenvalue weighted by Gasteiger charge is 1.99. The van der Waals surface area contributed by atoms with Crippen LogP contribution in [0.1, 0.15) is 10.4 Å². The van der Waals surface area contributed by atoms with E-state index in [0.717, 1.165) is 0 Å². The lowest BCUT2D eigenvalue weighted by atomic mass is 10.3. The molecule has 0 aliphatic rings. The summed E-state index contributed by atoms with van der Waals surface area (Å²) >= 11 is 0. The van der Waals surface area contributed by atoms with Crippen LogP contribution in [0.15, 0.2) is 29.0 Å². The fourth-order valence-corrected chi connectivity index (χ4v) is 0.958. The lowest BCUT2D eigenvalue weighted by molar-refractivity contribution is -0.255. The fraction of sp³-hybridized carbons (Fsp3) is 0. The van der Waals surface area contributed by atoms with Gasteiger partial charge in [-0.15, -0.1) is 0 Å². The molecule has 0 aliphatic carbocycles. The summed E-state index contributed by atoms with van der Waals surface area (Å²) in [6, 6.07) is 3.05. The zero-order valence-electron chi connectivity index (χ0n) is 5.98. The molecule has 0 fully saturated rings. The van der Waals surface area contributed by atoms with Crippen molar-refractivity contribution in [3.63, 3.8) is 0 Å². The van der Waals surface area contributed by atoms with Gasteiger partial charge in [0.15, 0.2) is 5.58 Å². The Hall–Kier alpha value is -1.84. The van der Waals surface area contributed by atoms with Gasteiger partial charge in [0.2, 0.25) is 0 Å². The second-order valence-corrected chi connectivity index (χ2v) is 2.32. The summed E-state index contributed by atoms with van der Waals surface area (Å²) in [5.74, 6) is -1.25. The number of carbonyl (C=O) groups excluding carboxylic acids is 1. The Morgan fingerprint density at radius 1 is 1.58 bits per heavy atom. The average Bonchev–Trinajstić information content (AvgIpc) is 2.49. The van der Waals surface area contributed by atoms with Crippen molar-refractivity contribution < 1.29 is 14.3 Å². The number of fused-ring (bicyclic) bond motifs is 1. The molecule has 0 radical (unpaired) electrons. The molecule has 0 bridgehead atoms. The van der Waals surface area contributed by atoms with Crippen molar-refractivity contribution in [2.24, 2.45) is 0 Å². The van der Waals surface area contributed by atoms with E-state index in [9.17, 15) is 9.90 Å². The molecule has 4 nitrogen and oxygen atoms in total. The van der Waals surface area contributed by atoms with Crippen molar-refractivity contribution in [1.29, 1.82) is 0 Å². The SMILES string of the molecule is O=C([O-])c1cnc2ccoc2c1. The summed E-state index contributed by atoms with van der Waals surface area (Å²) < 4.78 is 4.96. The molecule has 4 heteroatoms. The van der Waals surface area contributed by atoms with Crippen LogP contribution < -0.4 is 5.11 Å². The van der Waals surface area contributed by atoms with Crippen LogP contribution in [-0.2, 0) is 0 Å². The van der Waals surface area contributed by atoms with Crippen molar-refractivity contribution in [2.75, 3.05) is 0 Å². The highest BCUT2D eigenvalue weighted by atomic mass is 16.4. The van der Waals surface area contributed by atoms with Crippen molar-refractivity contribution in [3.8, 4) is 0 Å². The van der Waals surface area contributed by atoms with E-state index in [4.69, 9.17) is 4.42 Å². The minimum absolute atomic E-state index is 0.0254. The molecule has 0 saturated carbocycles. The largest absolute Gasteiger partial charge is 0.545 e. The normalized spacial score (nSPS) is 10.3. The smallest absolute Gasteiger partial charge is 0.152 e. The highest BCUT2D eigenvalue weighted by molar-refractivity contribution is 5.89. The number of carbonyl (C=O) groups is 1. The van der Waals surface area contributed by atoms with Gasteiger partial charge in [-0.05, 0) is 6.07 Å². The fourth-order valence-electron chi connectivity index (χ4n) is 0.958. The van der Waals surface area contributed by atoms with E-state index < -0.39 is 5.97 Å². The number of carboxylic acids is 1. The number of furan rings is 1. The summed E-state index contributed by atoms with van der Waals surface area (Å²) in [6.45, 7) is 0. The Morgan fingerprint density at radius 3 is 3.17 bits per heavy atom. The first-order valence-electron chi connectivity index (χ1n) is 3.32. The maximum absolute atomic E-state index is 10.4. The monoisotopic (exact) mass is 162 g/mol. The van der Waals surface area contributed by atoms with E-state index in [-0.39, 0.29) is 5.56 Å². The van der Waals surface area contributed by atoms with E-state index in [2.05, 4.69) is 4.98 Å². The van der Waals surface area contributed by atoms with Crippen molar-refractivity contribution in [2.45, 2.75) is 0 Å². The quantitative estimate of drug-likeness (QED) is 0.600. The average molecular weight is 162 g/mol. The number of rotatable bonds is 1. The van der Waals surface area contributed by atoms with E-state index in [1.165, 1.54) is 18.5 Å². The summed E-state index contributed by atoms with van der Waals surface area (Å²) in [5.41, 5.74) is 1.12. The van der Waals surface area contributed by atoms with E-state index in [1.54, 1.807) is 6.07 Å². The van der Waals surface area contributed by atoms with Crippen LogP contribution in [0.3, 0.4) is 0 Å². The Labute approximate surface area is 67.4 Å². The maximum Gasteiger partial charge on any atom is 0.152 e. The molecule has 0 atom stereocenters. The molecule has 12 heavy (non-hydrogen) atoms. The van der Waals surface area contributed by atoms with Gasteiger partial charge < -0.3 is 14.3 Å². The van der Waals surface area contributed by atoms with Crippen LogP contribution in [0.25, 0.3) is 11.1 Å². The molecule has 0 N–H and O–H groups in total. The van der Waals surface area contributed by atoms with Crippen LogP contribution in [0, 0.1) is 0 Å². The topological polar surface area (TPSA) is 66.2 Å². The molecule has 0 aromatic carbocycles. The predicted molar refractivity (Wildman–Crippen MR) is 38.3 cm³/mol. The first-order chi connectivity index (χ1) is 5.77. The molecule has 0 aliphatic heterocycles. The maximum atomic E-state index is 10.4. The molecular formula is C8H4NO3-. The first kappa shape index (κ1) is 6.84. The van der Waals surface area contributed by atoms with Crippen LogP contribution in [0.4, 0.5) is 0 Å². The van der Waals surface area contributed by atoms with Crippen LogP contribution in [0.5, 0.6) is 0 Å². The number of aromatic nitrogens is 1. The van der Waals surface area contributed by atoms with Crippen molar-refractivity contribution in [3.05, 3.63) is 30.2 Å². The lowest BCUT2D eigenvalue weighted by Crippen LogP contribution is -2.22. The highest BCUT2D eigenvalue weighted by Crippen LogP contribution is 2.13. The Morgan fingerprint density at radius 2 is 2.42 bits per heavy atom. The van der Waals surface area contributed by atoms with E-state index in [0.29, 0.717) is 11.1 Å². The summed E-state index contributed by atoms with van der Waals surface area (Å²) in [4.78, 5) is 14.2. The van der Waals surface area contributed by atoms with Gasteiger partial charge in [0, 0.05) is 17.8 Å². The minimum Gasteiger partial charge on any atom is -0.545 e. The molecular weight excluding hydrogens is 158 g/mol. The Bertz CT molecular complexity index is 433. The van der Waals surface area contributed by atoms with E-state index >= 15 is 0 Å². The summed E-state index contributed by atoms with van der Waals surface area (Å²) in [6.07, 6.45) is 2.70. The standard InChI is InChI=1S/C8H5NO3/c10-8(11)5-3-7-6(9-4-5)1-2-12-7/h1-4H,(H,10,11)/p-1.